The molecule has 0 atom stereocenters. The van der Waals surface area contributed by atoms with E-state index in [2.05, 4.69) is 120 Å². The van der Waals surface area contributed by atoms with Gasteiger partial charge in [0.05, 0.1) is 23.9 Å². The molecule has 1 aliphatic carbocycles. The molecule has 0 fully saturated rings. The standard InChI is InChI=1S/C32H23NO/c1-34-23-12-10-11-22(21-23)33-30-19-8-6-17-28(30)32(29-18-7-9-20-31(29)33)26-15-4-2-13-24(26)25-14-3-5-16-27(25)32/h2-21H,1H3. The molecule has 0 aromatic heterocycles. The number of nitrogens with zero attached hydrogens (tertiary/aromatic N) is 1. The van der Waals surface area contributed by atoms with Crippen molar-refractivity contribution >= 4 is 17.1 Å². The Morgan fingerprint density at radius 1 is 0.529 bits per heavy atom. The minimum Gasteiger partial charge on any atom is -0.497 e. The summed E-state index contributed by atoms with van der Waals surface area (Å²) in [7, 11) is 1.72. The van der Waals surface area contributed by atoms with Gasteiger partial charge in [0.1, 0.15) is 5.75 Å². The molecule has 1 heterocycles. The van der Waals surface area contributed by atoms with Crippen LogP contribution in [0.5, 0.6) is 5.75 Å². The van der Waals surface area contributed by atoms with Crippen LogP contribution in [-0.2, 0) is 5.41 Å². The van der Waals surface area contributed by atoms with Crippen molar-refractivity contribution in [3.8, 4) is 16.9 Å². The van der Waals surface area contributed by atoms with E-state index in [0.717, 1.165) is 11.4 Å². The van der Waals surface area contributed by atoms with Crippen molar-refractivity contribution in [3.05, 3.63) is 144 Å². The fourth-order valence-corrected chi connectivity index (χ4v) is 6.09. The molecule has 0 N–H and O–H groups in total. The maximum Gasteiger partial charge on any atom is 0.120 e. The number of methoxy groups -OCH3 is 1. The number of benzene rings is 5. The van der Waals surface area contributed by atoms with E-state index in [1.807, 2.05) is 6.07 Å². The zero-order chi connectivity index (χ0) is 22.7. The molecule has 7 rings (SSSR count). The Balaban J connectivity index is 1.63. The molecule has 0 saturated heterocycles. The second-order valence-electron chi connectivity index (χ2n) is 8.91. The van der Waals surface area contributed by atoms with Crippen molar-refractivity contribution in [2.75, 3.05) is 12.0 Å². The lowest BCUT2D eigenvalue weighted by Gasteiger charge is -2.45. The lowest BCUT2D eigenvalue weighted by Crippen LogP contribution is -2.36. The van der Waals surface area contributed by atoms with Gasteiger partial charge in [0.2, 0.25) is 0 Å². The van der Waals surface area contributed by atoms with Crippen molar-refractivity contribution in [2.24, 2.45) is 0 Å². The summed E-state index contributed by atoms with van der Waals surface area (Å²) >= 11 is 0. The van der Waals surface area contributed by atoms with E-state index in [9.17, 15) is 0 Å². The third kappa shape index (κ3) is 2.35. The minimum atomic E-state index is -0.365. The minimum absolute atomic E-state index is 0.365. The van der Waals surface area contributed by atoms with Gasteiger partial charge in [0.15, 0.2) is 0 Å². The van der Waals surface area contributed by atoms with Gasteiger partial charge in [0.25, 0.3) is 0 Å². The summed E-state index contributed by atoms with van der Waals surface area (Å²) in [5.74, 6) is 0.851. The Morgan fingerprint density at radius 2 is 1.03 bits per heavy atom. The average molecular weight is 438 g/mol. The van der Waals surface area contributed by atoms with Crippen LogP contribution in [0.25, 0.3) is 11.1 Å². The van der Waals surface area contributed by atoms with Gasteiger partial charge in [-0.05, 0) is 57.6 Å². The van der Waals surface area contributed by atoms with Crippen LogP contribution in [0.4, 0.5) is 17.1 Å². The Bertz CT molecular complexity index is 1470. The van der Waals surface area contributed by atoms with Crippen LogP contribution in [0.1, 0.15) is 22.3 Å². The lowest BCUT2D eigenvalue weighted by molar-refractivity contribution is 0.415. The summed E-state index contributed by atoms with van der Waals surface area (Å²) in [5.41, 5.74) is 11.0. The molecule has 2 nitrogen and oxygen atoms in total. The molecule has 2 aliphatic rings. The highest BCUT2D eigenvalue weighted by Gasteiger charge is 2.51. The van der Waals surface area contributed by atoms with Crippen LogP contribution >= 0.6 is 0 Å². The second kappa shape index (κ2) is 7.10. The first-order chi connectivity index (χ1) is 16.8. The number of hydrogen-bond acceptors (Lipinski definition) is 2. The summed E-state index contributed by atoms with van der Waals surface area (Å²) in [4.78, 5) is 2.38. The molecular formula is C32H23NO. The van der Waals surface area contributed by atoms with Gasteiger partial charge in [-0.1, -0.05) is 91.0 Å². The Morgan fingerprint density at radius 3 is 1.59 bits per heavy atom. The Hall–Kier alpha value is -4.30. The van der Waals surface area contributed by atoms with E-state index in [0.29, 0.717) is 0 Å². The number of rotatable bonds is 2. The molecule has 5 aromatic carbocycles. The quantitative estimate of drug-likeness (QED) is 0.273. The third-order valence-corrected chi connectivity index (χ3v) is 7.36. The molecule has 5 aromatic rings. The first-order valence-electron chi connectivity index (χ1n) is 11.7. The fourth-order valence-electron chi connectivity index (χ4n) is 6.09. The van der Waals surface area contributed by atoms with Crippen LogP contribution in [-0.4, -0.2) is 7.11 Å². The topological polar surface area (TPSA) is 12.5 Å². The molecule has 1 spiro atoms. The largest absolute Gasteiger partial charge is 0.497 e. The zero-order valence-corrected chi connectivity index (χ0v) is 18.9. The first-order valence-corrected chi connectivity index (χ1v) is 11.7. The highest BCUT2D eigenvalue weighted by Crippen LogP contribution is 2.63. The van der Waals surface area contributed by atoms with E-state index in [1.54, 1.807) is 7.11 Å². The van der Waals surface area contributed by atoms with E-state index >= 15 is 0 Å². The van der Waals surface area contributed by atoms with E-state index in [1.165, 1.54) is 44.8 Å². The summed E-state index contributed by atoms with van der Waals surface area (Å²) in [6.45, 7) is 0. The highest BCUT2D eigenvalue weighted by atomic mass is 16.5. The van der Waals surface area contributed by atoms with Crippen LogP contribution in [0, 0.1) is 0 Å². The van der Waals surface area contributed by atoms with Crippen molar-refractivity contribution in [2.45, 2.75) is 5.41 Å². The Labute approximate surface area is 199 Å². The summed E-state index contributed by atoms with van der Waals surface area (Å²) in [6.07, 6.45) is 0. The van der Waals surface area contributed by atoms with Gasteiger partial charge < -0.3 is 9.64 Å². The third-order valence-electron chi connectivity index (χ3n) is 7.36. The van der Waals surface area contributed by atoms with Crippen LogP contribution in [0.3, 0.4) is 0 Å². The van der Waals surface area contributed by atoms with Gasteiger partial charge in [-0.2, -0.15) is 0 Å². The molecular weight excluding hydrogens is 414 g/mol. The molecule has 1 aliphatic heterocycles. The Kier molecular flexibility index (Phi) is 4.01. The number of fused-ring (bicyclic) bond motifs is 9. The maximum absolute atomic E-state index is 5.58. The predicted octanol–water partition coefficient (Wildman–Crippen LogP) is 7.84. The number of anilines is 3. The van der Waals surface area contributed by atoms with Gasteiger partial charge in [-0.15, -0.1) is 0 Å². The first kappa shape index (κ1) is 19.2. The highest BCUT2D eigenvalue weighted by molar-refractivity contribution is 5.95. The van der Waals surface area contributed by atoms with Gasteiger partial charge in [0, 0.05) is 11.8 Å². The summed E-state index contributed by atoms with van der Waals surface area (Å²) < 4.78 is 5.58. The summed E-state index contributed by atoms with van der Waals surface area (Å²) in [6, 6.07) is 43.8. The second-order valence-corrected chi connectivity index (χ2v) is 8.91. The van der Waals surface area contributed by atoms with Crippen molar-refractivity contribution in [3.63, 3.8) is 0 Å². The smallest absolute Gasteiger partial charge is 0.120 e. The van der Waals surface area contributed by atoms with E-state index in [-0.39, 0.29) is 5.41 Å². The summed E-state index contributed by atoms with van der Waals surface area (Å²) in [5, 5.41) is 0. The number of ether oxygens (including phenoxy) is 1. The van der Waals surface area contributed by atoms with Gasteiger partial charge >= 0.3 is 0 Å². The molecule has 34 heavy (non-hydrogen) atoms. The lowest BCUT2D eigenvalue weighted by atomic mass is 9.64. The molecule has 162 valence electrons. The monoisotopic (exact) mass is 437 g/mol. The maximum atomic E-state index is 5.58. The zero-order valence-electron chi connectivity index (χ0n) is 18.9. The van der Waals surface area contributed by atoms with Crippen LogP contribution < -0.4 is 9.64 Å². The number of hydrogen-bond donors (Lipinski definition) is 0. The molecule has 0 bridgehead atoms. The average Bonchev–Trinajstić information content (AvgIpc) is 3.20. The SMILES string of the molecule is COc1cccc(N2c3ccccc3C3(c4ccccc4-c4ccccc43)c3ccccc32)c1. The predicted molar refractivity (Wildman–Crippen MR) is 139 cm³/mol. The van der Waals surface area contributed by atoms with E-state index in [4.69, 9.17) is 4.74 Å². The molecule has 2 heteroatoms. The molecule has 0 unspecified atom stereocenters. The van der Waals surface area contributed by atoms with E-state index < -0.39 is 0 Å². The molecule has 0 saturated carbocycles. The normalized spacial score (nSPS) is 14.2. The van der Waals surface area contributed by atoms with Crippen LogP contribution in [0.15, 0.2) is 121 Å². The van der Waals surface area contributed by atoms with Crippen LogP contribution in [0.2, 0.25) is 0 Å². The van der Waals surface area contributed by atoms with Crippen molar-refractivity contribution < 1.29 is 4.74 Å². The van der Waals surface area contributed by atoms with Crippen molar-refractivity contribution in [1.82, 2.24) is 0 Å². The van der Waals surface area contributed by atoms with Gasteiger partial charge in [-0.25, -0.2) is 0 Å². The fraction of sp³-hybridized carbons (Fsp3) is 0.0625. The number of para-hydroxylation sites is 2. The van der Waals surface area contributed by atoms with Crippen molar-refractivity contribution in [1.29, 1.82) is 0 Å². The van der Waals surface area contributed by atoms with Gasteiger partial charge in [-0.3, -0.25) is 0 Å². The molecule has 0 amide bonds. The molecule has 0 radical (unpaired) electrons.